The Hall–Kier alpha value is -1.64. The van der Waals surface area contributed by atoms with Crippen molar-refractivity contribution in [1.82, 2.24) is 0 Å². The number of hydrogen-bond donors (Lipinski definition) is 0. The van der Waals surface area contributed by atoms with E-state index in [2.05, 4.69) is 0 Å². The van der Waals surface area contributed by atoms with Gasteiger partial charge < -0.3 is 0 Å². The molecule has 1 nitrogen and oxygen atoms in total. The van der Waals surface area contributed by atoms with Gasteiger partial charge in [0.15, 0.2) is 0 Å². The molecular weight excluding hydrogens is 205 g/mol. The van der Waals surface area contributed by atoms with Crippen molar-refractivity contribution in [3.05, 3.63) is 34.9 Å². The molecule has 0 aliphatic heterocycles. The lowest BCUT2D eigenvalue weighted by atomic mass is 10.1. The van der Waals surface area contributed by atoms with Crippen molar-refractivity contribution >= 4 is 0 Å². The number of hydrogen-bond acceptors (Lipinski definition) is 1. The van der Waals surface area contributed by atoms with Crippen molar-refractivity contribution in [3.8, 4) is 6.07 Å². The maximum Gasteiger partial charge on any atom is 0.420 e. The second kappa shape index (κ2) is 3.25. The van der Waals surface area contributed by atoms with Crippen molar-refractivity contribution in [3.63, 3.8) is 0 Å². The van der Waals surface area contributed by atoms with Gasteiger partial charge in [-0.25, -0.2) is 8.78 Å². The van der Waals surface area contributed by atoms with Crippen LogP contribution in [0.4, 0.5) is 22.0 Å². The Balaban J connectivity index is 3.56. The number of nitrogens with zero attached hydrogens (tertiary/aromatic N) is 1. The highest BCUT2D eigenvalue weighted by Crippen LogP contribution is 2.34. The molecule has 0 N–H and O–H groups in total. The van der Waals surface area contributed by atoms with Crippen LogP contribution in [0.2, 0.25) is 0 Å². The molecule has 0 heterocycles. The fourth-order valence-electron chi connectivity index (χ4n) is 0.938. The van der Waals surface area contributed by atoms with Gasteiger partial charge in [-0.3, -0.25) is 0 Å². The van der Waals surface area contributed by atoms with E-state index < -0.39 is 28.9 Å². The van der Waals surface area contributed by atoms with E-state index in [1.807, 2.05) is 0 Å². The van der Waals surface area contributed by atoms with E-state index in [4.69, 9.17) is 5.26 Å². The van der Waals surface area contributed by atoms with Crippen LogP contribution in [0.15, 0.2) is 12.1 Å². The zero-order valence-corrected chi connectivity index (χ0v) is 6.49. The van der Waals surface area contributed by atoms with Gasteiger partial charge in [0.1, 0.15) is 28.8 Å². The van der Waals surface area contributed by atoms with Gasteiger partial charge in [0.25, 0.3) is 0 Å². The zero-order chi connectivity index (χ0) is 10.9. The Labute approximate surface area is 75.4 Å². The summed E-state index contributed by atoms with van der Waals surface area (Å²) < 4.78 is 61.7. The van der Waals surface area contributed by atoms with E-state index in [-0.39, 0.29) is 0 Å². The minimum Gasteiger partial charge on any atom is -0.206 e. The molecule has 14 heavy (non-hydrogen) atoms. The van der Waals surface area contributed by atoms with E-state index in [0.717, 1.165) is 6.07 Å². The monoisotopic (exact) mass is 207 g/mol. The zero-order valence-electron chi connectivity index (χ0n) is 6.49. The van der Waals surface area contributed by atoms with Crippen LogP contribution in [-0.2, 0) is 6.18 Å². The Morgan fingerprint density at radius 3 is 1.93 bits per heavy atom. The first-order valence-electron chi connectivity index (χ1n) is 3.33. The summed E-state index contributed by atoms with van der Waals surface area (Å²) in [6, 6.07) is 1.78. The largest absolute Gasteiger partial charge is 0.420 e. The Morgan fingerprint density at radius 2 is 1.57 bits per heavy atom. The van der Waals surface area contributed by atoms with E-state index in [1.54, 1.807) is 0 Å². The van der Waals surface area contributed by atoms with E-state index >= 15 is 0 Å². The highest BCUT2D eigenvalue weighted by atomic mass is 19.4. The molecule has 0 fully saturated rings. The van der Waals surface area contributed by atoms with Crippen LogP contribution >= 0.6 is 0 Å². The molecule has 1 rings (SSSR count). The summed E-state index contributed by atoms with van der Waals surface area (Å²) in [7, 11) is 0. The van der Waals surface area contributed by atoms with E-state index in [9.17, 15) is 22.0 Å². The molecule has 0 bridgehead atoms. The summed E-state index contributed by atoms with van der Waals surface area (Å²) in [5.74, 6) is -3.04. The van der Waals surface area contributed by atoms with Gasteiger partial charge >= 0.3 is 6.18 Å². The fourth-order valence-corrected chi connectivity index (χ4v) is 0.938. The highest BCUT2D eigenvalue weighted by Gasteiger charge is 2.38. The van der Waals surface area contributed by atoms with Crippen molar-refractivity contribution in [2.45, 2.75) is 6.18 Å². The molecule has 0 saturated heterocycles. The minimum atomic E-state index is -5.07. The first kappa shape index (κ1) is 10.4. The average Bonchev–Trinajstić information content (AvgIpc) is 2.06. The fraction of sp³-hybridized carbons (Fsp3) is 0.125. The summed E-state index contributed by atoms with van der Waals surface area (Å²) in [4.78, 5) is 0. The van der Waals surface area contributed by atoms with Gasteiger partial charge in [-0.15, -0.1) is 0 Å². The average molecular weight is 207 g/mol. The van der Waals surface area contributed by atoms with Crippen molar-refractivity contribution in [1.29, 1.82) is 5.26 Å². The lowest BCUT2D eigenvalue weighted by Crippen LogP contribution is -2.12. The van der Waals surface area contributed by atoms with Gasteiger partial charge in [-0.1, -0.05) is 0 Å². The SMILES string of the molecule is N#Cc1c(F)ccc(F)c1C(F)(F)F. The van der Waals surface area contributed by atoms with Crippen LogP contribution in [0, 0.1) is 23.0 Å². The summed E-state index contributed by atoms with van der Waals surface area (Å²) in [5.41, 5.74) is -3.18. The van der Waals surface area contributed by atoms with E-state index in [1.165, 1.54) is 0 Å². The second-order valence-electron chi connectivity index (χ2n) is 2.39. The molecule has 0 radical (unpaired) electrons. The molecule has 1 aromatic carbocycles. The van der Waals surface area contributed by atoms with Crippen molar-refractivity contribution < 1.29 is 22.0 Å². The standard InChI is InChI=1S/C8H2F5N/c9-5-1-2-6(10)7(4(5)3-14)8(11,12)13/h1-2H. The van der Waals surface area contributed by atoms with Crippen molar-refractivity contribution in [2.75, 3.05) is 0 Å². The Bertz CT molecular complexity index is 401. The molecule has 0 unspecified atom stereocenters. The minimum absolute atomic E-state index is 0.332. The van der Waals surface area contributed by atoms with Crippen LogP contribution < -0.4 is 0 Å². The highest BCUT2D eigenvalue weighted by molar-refractivity contribution is 5.41. The number of halogens is 5. The summed E-state index contributed by atoms with van der Waals surface area (Å²) in [6.07, 6.45) is -5.07. The van der Waals surface area contributed by atoms with Crippen LogP contribution in [-0.4, -0.2) is 0 Å². The number of benzene rings is 1. The molecule has 74 valence electrons. The maximum absolute atomic E-state index is 12.7. The van der Waals surface area contributed by atoms with Crippen LogP contribution in [0.5, 0.6) is 0 Å². The lowest BCUT2D eigenvalue weighted by molar-refractivity contribution is -0.140. The molecular formula is C8H2F5N. The predicted octanol–water partition coefficient (Wildman–Crippen LogP) is 2.86. The first-order chi connectivity index (χ1) is 6.38. The third-order valence-corrected chi connectivity index (χ3v) is 1.50. The molecule has 1 aromatic rings. The molecule has 0 aliphatic rings. The lowest BCUT2D eigenvalue weighted by Gasteiger charge is -2.09. The number of rotatable bonds is 0. The molecule has 0 amide bonds. The predicted molar refractivity (Wildman–Crippen MR) is 36.1 cm³/mol. The van der Waals surface area contributed by atoms with E-state index in [0.29, 0.717) is 12.1 Å². The summed E-state index contributed by atoms with van der Waals surface area (Å²) in [6.45, 7) is 0. The molecule has 6 heteroatoms. The topological polar surface area (TPSA) is 23.8 Å². The van der Waals surface area contributed by atoms with Gasteiger partial charge in [0.2, 0.25) is 0 Å². The van der Waals surface area contributed by atoms with Gasteiger partial charge in [0, 0.05) is 0 Å². The maximum atomic E-state index is 12.7. The number of nitriles is 1. The van der Waals surface area contributed by atoms with Crippen molar-refractivity contribution in [2.24, 2.45) is 0 Å². The third kappa shape index (κ3) is 1.66. The smallest absolute Gasteiger partial charge is 0.206 e. The second-order valence-corrected chi connectivity index (χ2v) is 2.39. The molecule has 0 aromatic heterocycles. The first-order valence-corrected chi connectivity index (χ1v) is 3.33. The molecule has 0 atom stereocenters. The Morgan fingerprint density at radius 1 is 1.07 bits per heavy atom. The number of alkyl halides is 3. The Kier molecular flexibility index (Phi) is 2.43. The van der Waals surface area contributed by atoms with Crippen LogP contribution in [0.1, 0.15) is 11.1 Å². The van der Waals surface area contributed by atoms with Gasteiger partial charge in [-0.2, -0.15) is 18.4 Å². The summed E-state index contributed by atoms with van der Waals surface area (Å²) in [5, 5.41) is 8.23. The third-order valence-electron chi connectivity index (χ3n) is 1.50. The quantitative estimate of drug-likeness (QED) is 0.600. The summed E-state index contributed by atoms with van der Waals surface area (Å²) >= 11 is 0. The van der Waals surface area contributed by atoms with Crippen LogP contribution in [0.25, 0.3) is 0 Å². The molecule has 0 spiro atoms. The van der Waals surface area contributed by atoms with Gasteiger partial charge in [0.05, 0.1) is 0 Å². The van der Waals surface area contributed by atoms with Crippen LogP contribution in [0.3, 0.4) is 0 Å². The van der Waals surface area contributed by atoms with Gasteiger partial charge in [-0.05, 0) is 12.1 Å². The normalized spacial score (nSPS) is 11.1. The molecule has 0 saturated carbocycles. The molecule has 0 aliphatic carbocycles.